The van der Waals surface area contributed by atoms with Crippen LogP contribution in [0.4, 0.5) is 4.39 Å². The fourth-order valence-corrected chi connectivity index (χ4v) is 3.47. The van der Waals surface area contributed by atoms with E-state index >= 15 is 0 Å². The van der Waals surface area contributed by atoms with Gasteiger partial charge in [-0.15, -0.1) is 0 Å². The molecule has 0 heterocycles. The van der Waals surface area contributed by atoms with Crippen molar-refractivity contribution in [3.63, 3.8) is 0 Å². The second-order valence-electron chi connectivity index (χ2n) is 6.71. The van der Waals surface area contributed by atoms with E-state index in [4.69, 9.17) is 23.2 Å². The standard InChI is InChI=1S/C22H25Cl2FN2O2/c1-3-12-26-22(29)20(4-2)27(14-15-8-5-6-9-17(15)23)21(28)13-16-18(24)10-7-11-19(16)25/h5-11,20H,3-4,12-14H2,1-2H3,(H,26,29). The average molecular weight is 439 g/mol. The van der Waals surface area contributed by atoms with Crippen molar-refractivity contribution in [2.24, 2.45) is 0 Å². The summed E-state index contributed by atoms with van der Waals surface area (Å²) in [5, 5.41) is 3.52. The molecule has 0 aliphatic rings. The van der Waals surface area contributed by atoms with Crippen molar-refractivity contribution in [1.82, 2.24) is 10.2 Å². The maximum atomic E-state index is 14.2. The number of carbonyl (C=O) groups excluding carboxylic acids is 2. The lowest BCUT2D eigenvalue weighted by atomic mass is 10.1. The summed E-state index contributed by atoms with van der Waals surface area (Å²) in [5.41, 5.74) is 0.830. The van der Waals surface area contributed by atoms with Crippen molar-refractivity contribution in [2.45, 2.75) is 45.7 Å². The number of nitrogens with one attached hydrogen (secondary N) is 1. The number of benzene rings is 2. The van der Waals surface area contributed by atoms with Gasteiger partial charge in [0.2, 0.25) is 11.8 Å². The first kappa shape index (κ1) is 23.2. The molecule has 0 spiro atoms. The molecule has 4 nitrogen and oxygen atoms in total. The summed E-state index contributed by atoms with van der Waals surface area (Å²) in [7, 11) is 0. The van der Waals surface area contributed by atoms with Gasteiger partial charge in [0.05, 0.1) is 6.42 Å². The molecule has 2 amide bonds. The second kappa shape index (κ2) is 11.2. The van der Waals surface area contributed by atoms with Crippen LogP contribution in [0.2, 0.25) is 10.0 Å². The number of hydrogen-bond donors (Lipinski definition) is 1. The predicted octanol–water partition coefficient (Wildman–Crippen LogP) is 5.01. The lowest BCUT2D eigenvalue weighted by Crippen LogP contribution is -2.49. The minimum Gasteiger partial charge on any atom is -0.354 e. The summed E-state index contributed by atoms with van der Waals surface area (Å²) >= 11 is 12.4. The molecule has 1 unspecified atom stereocenters. The van der Waals surface area contributed by atoms with E-state index in [2.05, 4.69) is 5.32 Å². The minimum absolute atomic E-state index is 0.118. The first-order valence-corrected chi connectivity index (χ1v) is 10.4. The number of halogens is 3. The quantitative estimate of drug-likeness (QED) is 0.597. The van der Waals surface area contributed by atoms with Crippen LogP contribution in [0.1, 0.15) is 37.8 Å². The smallest absolute Gasteiger partial charge is 0.242 e. The number of hydrogen-bond acceptors (Lipinski definition) is 2. The van der Waals surface area contributed by atoms with E-state index in [0.29, 0.717) is 23.6 Å². The molecule has 156 valence electrons. The van der Waals surface area contributed by atoms with E-state index in [-0.39, 0.29) is 29.5 Å². The largest absolute Gasteiger partial charge is 0.354 e. The Morgan fingerprint density at radius 3 is 2.38 bits per heavy atom. The number of nitrogens with zero attached hydrogens (tertiary/aromatic N) is 1. The molecule has 2 rings (SSSR count). The van der Waals surface area contributed by atoms with Gasteiger partial charge in [-0.05, 0) is 36.6 Å². The van der Waals surface area contributed by atoms with Crippen molar-refractivity contribution < 1.29 is 14.0 Å². The zero-order valence-corrected chi connectivity index (χ0v) is 18.1. The van der Waals surface area contributed by atoms with Crippen molar-refractivity contribution in [2.75, 3.05) is 6.54 Å². The van der Waals surface area contributed by atoms with Gasteiger partial charge in [0.15, 0.2) is 0 Å². The third-order valence-electron chi connectivity index (χ3n) is 4.62. The SMILES string of the molecule is CCCNC(=O)C(CC)N(Cc1ccccc1Cl)C(=O)Cc1c(F)cccc1Cl. The van der Waals surface area contributed by atoms with Crippen molar-refractivity contribution >= 4 is 35.0 Å². The van der Waals surface area contributed by atoms with Crippen LogP contribution in [0.5, 0.6) is 0 Å². The minimum atomic E-state index is -0.698. The highest BCUT2D eigenvalue weighted by Gasteiger charge is 2.29. The van der Waals surface area contributed by atoms with Gasteiger partial charge in [0.25, 0.3) is 0 Å². The van der Waals surface area contributed by atoms with Gasteiger partial charge < -0.3 is 10.2 Å². The number of amides is 2. The fourth-order valence-electron chi connectivity index (χ4n) is 3.05. The third kappa shape index (κ3) is 6.18. The lowest BCUT2D eigenvalue weighted by Gasteiger charge is -2.31. The van der Waals surface area contributed by atoms with E-state index in [1.165, 1.54) is 23.1 Å². The van der Waals surface area contributed by atoms with Crippen LogP contribution >= 0.6 is 23.2 Å². The van der Waals surface area contributed by atoms with E-state index < -0.39 is 17.8 Å². The molecule has 1 atom stereocenters. The molecule has 0 aliphatic carbocycles. The van der Waals surface area contributed by atoms with Gasteiger partial charge in [0, 0.05) is 28.7 Å². The Labute approximate surface area is 181 Å². The molecule has 1 N–H and O–H groups in total. The molecule has 29 heavy (non-hydrogen) atoms. The van der Waals surface area contributed by atoms with Crippen LogP contribution in [0.25, 0.3) is 0 Å². The van der Waals surface area contributed by atoms with Crippen LogP contribution in [0.15, 0.2) is 42.5 Å². The molecule has 0 saturated carbocycles. The molecule has 0 aromatic heterocycles. The average Bonchev–Trinajstić information content (AvgIpc) is 2.70. The monoisotopic (exact) mass is 438 g/mol. The molecular weight excluding hydrogens is 414 g/mol. The molecule has 2 aromatic carbocycles. The van der Waals surface area contributed by atoms with E-state index in [1.807, 2.05) is 19.9 Å². The first-order valence-electron chi connectivity index (χ1n) is 9.62. The lowest BCUT2D eigenvalue weighted by molar-refractivity contribution is -0.141. The Hall–Kier alpha value is -2.11. The molecule has 0 aliphatic heterocycles. The highest BCUT2D eigenvalue weighted by molar-refractivity contribution is 6.31. The Morgan fingerprint density at radius 2 is 1.76 bits per heavy atom. The normalized spacial score (nSPS) is 11.8. The predicted molar refractivity (Wildman–Crippen MR) is 114 cm³/mol. The van der Waals surface area contributed by atoms with Gasteiger partial charge in [-0.25, -0.2) is 4.39 Å². The Morgan fingerprint density at radius 1 is 1.07 bits per heavy atom. The molecule has 0 radical (unpaired) electrons. The second-order valence-corrected chi connectivity index (χ2v) is 7.52. The summed E-state index contributed by atoms with van der Waals surface area (Å²) in [4.78, 5) is 27.3. The van der Waals surface area contributed by atoms with Crippen LogP contribution in [-0.4, -0.2) is 29.3 Å². The Kier molecular flexibility index (Phi) is 8.93. The van der Waals surface area contributed by atoms with Gasteiger partial charge >= 0.3 is 0 Å². The molecular formula is C22H25Cl2FN2O2. The molecule has 0 saturated heterocycles. The van der Waals surface area contributed by atoms with Crippen LogP contribution in [-0.2, 0) is 22.6 Å². The first-order chi connectivity index (χ1) is 13.9. The molecule has 7 heteroatoms. The Bertz CT molecular complexity index is 840. The van der Waals surface area contributed by atoms with E-state index in [9.17, 15) is 14.0 Å². The summed E-state index contributed by atoms with van der Waals surface area (Å²) in [6, 6.07) is 10.7. The van der Waals surface area contributed by atoms with Crippen molar-refractivity contribution in [1.29, 1.82) is 0 Å². The Balaban J connectivity index is 2.35. The molecule has 0 fully saturated rings. The zero-order chi connectivity index (χ0) is 21.4. The topological polar surface area (TPSA) is 49.4 Å². The maximum Gasteiger partial charge on any atom is 0.242 e. The van der Waals surface area contributed by atoms with E-state index in [0.717, 1.165) is 6.42 Å². The number of carbonyl (C=O) groups is 2. The summed E-state index contributed by atoms with van der Waals surface area (Å²) < 4.78 is 14.2. The van der Waals surface area contributed by atoms with Crippen LogP contribution in [0.3, 0.4) is 0 Å². The van der Waals surface area contributed by atoms with Crippen LogP contribution in [0, 0.1) is 5.82 Å². The van der Waals surface area contributed by atoms with Gasteiger partial charge in [-0.3, -0.25) is 9.59 Å². The summed E-state index contributed by atoms with van der Waals surface area (Å²) in [5.74, 6) is -1.18. The molecule has 0 bridgehead atoms. The highest BCUT2D eigenvalue weighted by atomic mass is 35.5. The zero-order valence-electron chi connectivity index (χ0n) is 16.6. The fraction of sp³-hybridized carbons (Fsp3) is 0.364. The maximum absolute atomic E-state index is 14.2. The van der Waals surface area contributed by atoms with Crippen molar-refractivity contribution in [3.8, 4) is 0 Å². The van der Waals surface area contributed by atoms with Crippen molar-refractivity contribution in [3.05, 3.63) is 69.5 Å². The summed E-state index contributed by atoms with van der Waals surface area (Å²) in [6.07, 6.45) is 0.954. The summed E-state index contributed by atoms with van der Waals surface area (Å²) in [6.45, 7) is 4.44. The molecule has 2 aromatic rings. The van der Waals surface area contributed by atoms with Gasteiger partial charge in [-0.2, -0.15) is 0 Å². The third-order valence-corrected chi connectivity index (χ3v) is 5.35. The van der Waals surface area contributed by atoms with Gasteiger partial charge in [-0.1, -0.05) is 61.3 Å². The van der Waals surface area contributed by atoms with E-state index in [1.54, 1.807) is 18.2 Å². The number of rotatable bonds is 9. The highest BCUT2D eigenvalue weighted by Crippen LogP contribution is 2.23. The van der Waals surface area contributed by atoms with Gasteiger partial charge in [0.1, 0.15) is 11.9 Å². The van der Waals surface area contributed by atoms with Crippen LogP contribution < -0.4 is 5.32 Å².